The second-order valence-corrected chi connectivity index (χ2v) is 6.60. The molecule has 136 valence electrons. The zero-order valence-electron chi connectivity index (χ0n) is 14.7. The lowest BCUT2D eigenvalue weighted by Gasteiger charge is -2.18. The molecule has 1 aliphatic heterocycles. The van der Waals surface area contributed by atoms with Gasteiger partial charge in [0.15, 0.2) is 11.6 Å². The third kappa shape index (κ3) is 4.58. The van der Waals surface area contributed by atoms with Gasteiger partial charge in [-0.15, -0.1) is 0 Å². The van der Waals surface area contributed by atoms with E-state index in [1.165, 1.54) is 0 Å². The standard InChI is InChI=1S/C18H24ClN3O3/c1-13-11-15(19)3-4-16(13)22-17(12-25-10-9-23-2)20-18(21-22)14-5-7-24-8-6-14/h3-4,11,14H,5-10,12H2,1-2H3. The number of benzene rings is 1. The molecular formula is C18H24ClN3O3. The average Bonchev–Trinajstić information content (AvgIpc) is 3.03. The number of aryl methyl sites for hydroxylation is 1. The summed E-state index contributed by atoms with van der Waals surface area (Å²) in [6, 6.07) is 5.77. The minimum atomic E-state index is 0.334. The summed E-state index contributed by atoms with van der Waals surface area (Å²) in [5.74, 6) is 1.99. The Morgan fingerprint density at radius 3 is 2.80 bits per heavy atom. The summed E-state index contributed by atoms with van der Waals surface area (Å²) in [7, 11) is 1.66. The first-order valence-electron chi connectivity index (χ1n) is 8.56. The molecular weight excluding hydrogens is 342 g/mol. The lowest BCUT2D eigenvalue weighted by atomic mass is 10.00. The van der Waals surface area contributed by atoms with E-state index in [-0.39, 0.29) is 0 Å². The average molecular weight is 366 g/mol. The van der Waals surface area contributed by atoms with E-state index >= 15 is 0 Å². The molecule has 0 saturated carbocycles. The Morgan fingerprint density at radius 1 is 1.28 bits per heavy atom. The van der Waals surface area contributed by atoms with Crippen LogP contribution in [0.3, 0.4) is 0 Å². The molecule has 0 amide bonds. The molecule has 0 unspecified atom stereocenters. The SMILES string of the molecule is COCCOCc1nc(C2CCOCC2)nn1-c1ccc(Cl)cc1C. The van der Waals surface area contributed by atoms with E-state index in [9.17, 15) is 0 Å². The topological polar surface area (TPSA) is 58.4 Å². The van der Waals surface area contributed by atoms with E-state index in [0.29, 0.717) is 30.8 Å². The summed E-state index contributed by atoms with van der Waals surface area (Å²) in [6.07, 6.45) is 1.90. The van der Waals surface area contributed by atoms with Gasteiger partial charge in [0.2, 0.25) is 0 Å². The van der Waals surface area contributed by atoms with Crippen LogP contribution in [0.2, 0.25) is 5.02 Å². The van der Waals surface area contributed by atoms with Crippen LogP contribution in [0.4, 0.5) is 0 Å². The summed E-state index contributed by atoms with van der Waals surface area (Å²) in [5, 5.41) is 5.50. The van der Waals surface area contributed by atoms with Crippen molar-refractivity contribution < 1.29 is 14.2 Å². The van der Waals surface area contributed by atoms with Gasteiger partial charge in [-0.1, -0.05) is 11.6 Å². The van der Waals surface area contributed by atoms with Crippen molar-refractivity contribution in [3.05, 3.63) is 40.4 Å². The van der Waals surface area contributed by atoms with Gasteiger partial charge in [0.1, 0.15) is 6.61 Å². The van der Waals surface area contributed by atoms with Crippen LogP contribution in [0.5, 0.6) is 0 Å². The largest absolute Gasteiger partial charge is 0.382 e. The van der Waals surface area contributed by atoms with E-state index in [2.05, 4.69) is 0 Å². The summed E-state index contributed by atoms with van der Waals surface area (Å²) in [5.41, 5.74) is 2.02. The lowest BCUT2D eigenvalue weighted by Crippen LogP contribution is -2.15. The summed E-state index contributed by atoms with van der Waals surface area (Å²) < 4.78 is 18.0. The number of halogens is 1. The Labute approximate surface area is 153 Å². The van der Waals surface area contributed by atoms with Gasteiger partial charge >= 0.3 is 0 Å². The molecule has 0 spiro atoms. The Hall–Kier alpha value is -1.47. The number of hydrogen-bond acceptors (Lipinski definition) is 5. The molecule has 1 fully saturated rings. The minimum absolute atomic E-state index is 0.334. The molecule has 1 aromatic heterocycles. The molecule has 0 bridgehead atoms. The molecule has 3 rings (SSSR count). The highest BCUT2D eigenvalue weighted by Gasteiger charge is 2.23. The van der Waals surface area contributed by atoms with E-state index < -0.39 is 0 Å². The first-order chi connectivity index (χ1) is 12.2. The van der Waals surface area contributed by atoms with Crippen molar-refractivity contribution in [1.29, 1.82) is 0 Å². The van der Waals surface area contributed by atoms with E-state index in [4.69, 9.17) is 35.9 Å². The highest BCUT2D eigenvalue weighted by Crippen LogP contribution is 2.26. The van der Waals surface area contributed by atoms with Gasteiger partial charge < -0.3 is 14.2 Å². The van der Waals surface area contributed by atoms with Crippen molar-refractivity contribution >= 4 is 11.6 Å². The fourth-order valence-electron chi connectivity index (χ4n) is 2.94. The molecule has 0 atom stereocenters. The van der Waals surface area contributed by atoms with Gasteiger partial charge in [0.05, 0.1) is 18.9 Å². The van der Waals surface area contributed by atoms with Crippen LogP contribution in [0.25, 0.3) is 5.69 Å². The second-order valence-electron chi connectivity index (χ2n) is 6.16. The van der Waals surface area contributed by atoms with Crippen molar-refractivity contribution in [2.45, 2.75) is 32.3 Å². The normalized spacial score (nSPS) is 15.6. The zero-order valence-corrected chi connectivity index (χ0v) is 15.5. The van der Waals surface area contributed by atoms with Crippen LogP contribution < -0.4 is 0 Å². The number of methoxy groups -OCH3 is 1. The fraction of sp³-hybridized carbons (Fsp3) is 0.556. The van der Waals surface area contributed by atoms with Crippen molar-refractivity contribution in [2.24, 2.45) is 0 Å². The smallest absolute Gasteiger partial charge is 0.158 e. The van der Waals surface area contributed by atoms with Crippen LogP contribution in [0.15, 0.2) is 18.2 Å². The number of rotatable bonds is 7. The maximum atomic E-state index is 6.09. The van der Waals surface area contributed by atoms with Crippen LogP contribution in [0.1, 0.15) is 36.0 Å². The van der Waals surface area contributed by atoms with Crippen LogP contribution in [-0.4, -0.2) is 48.3 Å². The number of hydrogen-bond donors (Lipinski definition) is 0. The molecule has 6 nitrogen and oxygen atoms in total. The maximum Gasteiger partial charge on any atom is 0.158 e. The predicted molar refractivity (Wildman–Crippen MR) is 95.4 cm³/mol. The van der Waals surface area contributed by atoms with Crippen molar-refractivity contribution in [3.63, 3.8) is 0 Å². The monoisotopic (exact) mass is 365 g/mol. The number of aromatic nitrogens is 3. The van der Waals surface area contributed by atoms with E-state index in [0.717, 1.165) is 49.0 Å². The lowest BCUT2D eigenvalue weighted by molar-refractivity contribution is 0.0577. The summed E-state index contributed by atoms with van der Waals surface area (Å²) >= 11 is 6.09. The Morgan fingerprint density at radius 2 is 2.08 bits per heavy atom. The van der Waals surface area contributed by atoms with Crippen molar-refractivity contribution in [3.8, 4) is 5.69 Å². The highest BCUT2D eigenvalue weighted by atomic mass is 35.5. The molecule has 1 aromatic carbocycles. The Kier molecular flexibility index (Phi) is 6.42. The number of ether oxygens (including phenoxy) is 3. The molecule has 1 saturated heterocycles. The van der Waals surface area contributed by atoms with Gasteiger partial charge in [-0.3, -0.25) is 0 Å². The van der Waals surface area contributed by atoms with Gasteiger partial charge in [0, 0.05) is 31.3 Å². The minimum Gasteiger partial charge on any atom is -0.382 e. The van der Waals surface area contributed by atoms with Gasteiger partial charge in [-0.05, 0) is 43.5 Å². The molecule has 2 aromatic rings. The second kappa shape index (κ2) is 8.76. The van der Waals surface area contributed by atoms with Crippen LogP contribution in [-0.2, 0) is 20.8 Å². The quantitative estimate of drug-likeness (QED) is 0.705. The third-order valence-corrected chi connectivity index (χ3v) is 4.56. The summed E-state index contributed by atoms with van der Waals surface area (Å²) in [6.45, 7) is 5.02. The van der Waals surface area contributed by atoms with E-state index in [1.807, 2.05) is 29.8 Å². The van der Waals surface area contributed by atoms with Crippen LogP contribution in [0, 0.1) is 6.92 Å². The Balaban J connectivity index is 1.88. The van der Waals surface area contributed by atoms with Crippen molar-refractivity contribution in [1.82, 2.24) is 14.8 Å². The number of nitrogens with zero attached hydrogens (tertiary/aromatic N) is 3. The molecule has 1 aliphatic rings. The molecule has 0 radical (unpaired) electrons. The van der Waals surface area contributed by atoms with Crippen molar-refractivity contribution in [2.75, 3.05) is 33.5 Å². The highest BCUT2D eigenvalue weighted by molar-refractivity contribution is 6.30. The first-order valence-corrected chi connectivity index (χ1v) is 8.93. The molecule has 0 aliphatic carbocycles. The van der Waals surface area contributed by atoms with Gasteiger partial charge in [-0.25, -0.2) is 9.67 Å². The maximum absolute atomic E-state index is 6.09. The molecule has 0 N–H and O–H groups in total. The van der Waals surface area contributed by atoms with Crippen LogP contribution >= 0.6 is 11.6 Å². The predicted octanol–water partition coefficient (Wildman–Crippen LogP) is 3.29. The molecule has 2 heterocycles. The van der Waals surface area contributed by atoms with Gasteiger partial charge in [0.25, 0.3) is 0 Å². The summed E-state index contributed by atoms with van der Waals surface area (Å²) in [4.78, 5) is 4.77. The molecule has 7 heteroatoms. The van der Waals surface area contributed by atoms with Gasteiger partial charge in [-0.2, -0.15) is 5.10 Å². The third-order valence-electron chi connectivity index (χ3n) is 4.33. The first kappa shape index (κ1) is 18.3. The molecule has 25 heavy (non-hydrogen) atoms. The van der Waals surface area contributed by atoms with E-state index in [1.54, 1.807) is 7.11 Å². The fourth-order valence-corrected chi connectivity index (χ4v) is 3.17. The Bertz CT molecular complexity index is 699. The zero-order chi connectivity index (χ0) is 17.6.